The van der Waals surface area contributed by atoms with Gasteiger partial charge in [0.25, 0.3) is 0 Å². The summed E-state index contributed by atoms with van der Waals surface area (Å²) in [5.41, 5.74) is 0. The van der Waals surface area contributed by atoms with Gasteiger partial charge in [-0.3, -0.25) is 4.79 Å². The second-order valence-electron chi connectivity index (χ2n) is 2.45. The Morgan fingerprint density at radius 1 is 1.69 bits per heavy atom. The van der Waals surface area contributed by atoms with Crippen LogP contribution in [-0.4, -0.2) is 15.7 Å². The molecule has 1 aromatic rings. The Balaban J connectivity index is 2.69. The summed E-state index contributed by atoms with van der Waals surface area (Å²) in [5.74, 6) is -0.644. The molecule has 0 aliphatic carbocycles. The third-order valence-electron chi connectivity index (χ3n) is 1.33. The first-order chi connectivity index (χ1) is 6.09. The van der Waals surface area contributed by atoms with Crippen LogP contribution in [0.2, 0.25) is 0 Å². The number of hydrogen-bond donors (Lipinski definition) is 1. The molecule has 13 heavy (non-hydrogen) atoms. The molecular weight excluding hydrogens is 239 g/mol. The van der Waals surface area contributed by atoms with Crippen molar-refractivity contribution in [2.75, 3.05) is 5.32 Å². The van der Waals surface area contributed by atoms with E-state index >= 15 is 0 Å². The summed E-state index contributed by atoms with van der Waals surface area (Å²) in [5, 5.41) is 2.45. The molecule has 0 saturated carbocycles. The fourth-order valence-electron chi connectivity index (χ4n) is 0.704. The maximum Gasteiger partial charge on any atom is 0.239 e. The van der Waals surface area contributed by atoms with Gasteiger partial charge in [0, 0.05) is 0 Å². The lowest BCUT2D eigenvalue weighted by Gasteiger charge is -2.04. The van der Waals surface area contributed by atoms with Gasteiger partial charge in [-0.25, -0.2) is 4.98 Å². The SMILES string of the molecule is CC(Br)C(=O)Nc1cccc(F)n1. The molecule has 0 aliphatic rings. The summed E-state index contributed by atoms with van der Waals surface area (Å²) in [4.78, 5) is 14.3. The quantitative estimate of drug-likeness (QED) is 0.641. The third-order valence-corrected chi connectivity index (χ3v) is 1.74. The van der Waals surface area contributed by atoms with E-state index in [9.17, 15) is 9.18 Å². The highest BCUT2D eigenvalue weighted by Gasteiger charge is 2.09. The van der Waals surface area contributed by atoms with Crippen molar-refractivity contribution < 1.29 is 9.18 Å². The predicted octanol–water partition coefficient (Wildman–Crippen LogP) is 1.94. The van der Waals surface area contributed by atoms with E-state index in [1.165, 1.54) is 18.2 Å². The average Bonchev–Trinajstić information content (AvgIpc) is 2.04. The van der Waals surface area contributed by atoms with E-state index in [1.807, 2.05) is 0 Å². The molecule has 0 spiro atoms. The molecular formula is C8H8BrFN2O. The molecule has 1 heterocycles. The van der Waals surface area contributed by atoms with Crippen LogP contribution in [0.4, 0.5) is 10.2 Å². The molecule has 0 aliphatic heterocycles. The number of anilines is 1. The van der Waals surface area contributed by atoms with Gasteiger partial charge in [-0.15, -0.1) is 0 Å². The lowest BCUT2D eigenvalue weighted by Crippen LogP contribution is -2.20. The van der Waals surface area contributed by atoms with Gasteiger partial charge in [0.1, 0.15) is 5.82 Å². The zero-order chi connectivity index (χ0) is 9.84. The smallest absolute Gasteiger partial charge is 0.239 e. The molecule has 0 fully saturated rings. The van der Waals surface area contributed by atoms with Gasteiger partial charge in [-0.1, -0.05) is 22.0 Å². The van der Waals surface area contributed by atoms with Crippen LogP contribution in [0, 0.1) is 5.95 Å². The van der Waals surface area contributed by atoms with Gasteiger partial charge in [0.05, 0.1) is 4.83 Å². The number of halogens is 2. The monoisotopic (exact) mass is 246 g/mol. The molecule has 1 amide bonds. The fourth-order valence-corrected chi connectivity index (χ4v) is 0.818. The van der Waals surface area contributed by atoms with Crippen molar-refractivity contribution >= 4 is 27.7 Å². The van der Waals surface area contributed by atoms with E-state index < -0.39 is 5.95 Å². The van der Waals surface area contributed by atoms with Gasteiger partial charge in [-0.05, 0) is 19.1 Å². The molecule has 1 N–H and O–H groups in total. The molecule has 0 aromatic carbocycles. The van der Waals surface area contributed by atoms with Gasteiger partial charge < -0.3 is 5.32 Å². The number of nitrogens with zero attached hydrogens (tertiary/aromatic N) is 1. The number of amides is 1. The number of carbonyl (C=O) groups excluding carboxylic acids is 1. The Bertz CT molecular complexity index is 317. The average molecular weight is 247 g/mol. The topological polar surface area (TPSA) is 42.0 Å². The van der Waals surface area contributed by atoms with Crippen LogP contribution in [0.25, 0.3) is 0 Å². The lowest BCUT2D eigenvalue weighted by atomic mass is 10.4. The summed E-state index contributed by atoms with van der Waals surface area (Å²) in [6.07, 6.45) is 0. The van der Waals surface area contributed by atoms with E-state index in [2.05, 4.69) is 26.2 Å². The highest BCUT2D eigenvalue weighted by molar-refractivity contribution is 9.10. The van der Waals surface area contributed by atoms with Crippen LogP contribution in [0.3, 0.4) is 0 Å². The van der Waals surface area contributed by atoms with Crippen molar-refractivity contribution in [3.63, 3.8) is 0 Å². The van der Waals surface area contributed by atoms with Gasteiger partial charge in [0.2, 0.25) is 11.9 Å². The lowest BCUT2D eigenvalue weighted by molar-refractivity contribution is -0.115. The van der Waals surface area contributed by atoms with E-state index in [0.717, 1.165) is 0 Å². The molecule has 0 radical (unpaired) electrons. The highest BCUT2D eigenvalue weighted by Crippen LogP contribution is 2.06. The Kier molecular flexibility index (Phi) is 3.36. The number of aromatic nitrogens is 1. The van der Waals surface area contributed by atoms with Crippen molar-refractivity contribution in [2.24, 2.45) is 0 Å². The Labute approximate surface area is 83.5 Å². The number of hydrogen-bond acceptors (Lipinski definition) is 2. The van der Waals surface area contributed by atoms with Crippen LogP contribution in [-0.2, 0) is 4.79 Å². The first-order valence-corrected chi connectivity index (χ1v) is 4.58. The van der Waals surface area contributed by atoms with Crippen molar-refractivity contribution in [1.82, 2.24) is 4.98 Å². The summed E-state index contributed by atoms with van der Waals surface area (Å²) in [6, 6.07) is 4.22. The maximum atomic E-state index is 12.5. The molecule has 5 heteroatoms. The molecule has 1 aromatic heterocycles. The zero-order valence-corrected chi connectivity index (χ0v) is 8.51. The number of pyridine rings is 1. The van der Waals surface area contributed by atoms with Crippen molar-refractivity contribution in [2.45, 2.75) is 11.8 Å². The minimum Gasteiger partial charge on any atom is -0.310 e. The largest absolute Gasteiger partial charge is 0.310 e. The highest BCUT2D eigenvalue weighted by atomic mass is 79.9. The van der Waals surface area contributed by atoms with E-state index in [-0.39, 0.29) is 16.6 Å². The van der Waals surface area contributed by atoms with E-state index in [1.54, 1.807) is 6.92 Å². The number of alkyl halides is 1. The minimum absolute atomic E-state index is 0.219. The van der Waals surface area contributed by atoms with Crippen LogP contribution in [0.1, 0.15) is 6.92 Å². The van der Waals surface area contributed by atoms with E-state index in [4.69, 9.17) is 0 Å². The number of rotatable bonds is 2. The normalized spacial score (nSPS) is 12.2. The second-order valence-corrected chi connectivity index (χ2v) is 3.82. The first-order valence-electron chi connectivity index (χ1n) is 3.67. The molecule has 1 rings (SSSR count). The zero-order valence-electron chi connectivity index (χ0n) is 6.92. The van der Waals surface area contributed by atoms with Crippen molar-refractivity contribution in [1.29, 1.82) is 0 Å². The molecule has 1 atom stereocenters. The second kappa shape index (κ2) is 4.32. The summed E-state index contributed by atoms with van der Waals surface area (Å²) in [7, 11) is 0. The Morgan fingerprint density at radius 3 is 2.92 bits per heavy atom. The number of nitrogens with one attached hydrogen (secondary N) is 1. The fraction of sp³-hybridized carbons (Fsp3) is 0.250. The van der Waals surface area contributed by atoms with Crippen LogP contribution in [0.15, 0.2) is 18.2 Å². The van der Waals surface area contributed by atoms with Gasteiger partial charge in [0.15, 0.2) is 0 Å². The van der Waals surface area contributed by atoms with E-state index in [0.29, 0.717) is 0 Å². The van der Waals surface area contributed by atoms with Crippen LogP contribution >= 0.6 is 15.9 Å². The Hall–Kier alpha value is -0.970. The van der Waals surface area contributed by atoms with Crippen LogP contribution in [0.5, 0.6) is 0 Å². The maximum absolute atomic E-state index is 12.5. The third kappa shape index (κ3) is 3.10. The molecule has 1 unspecified atom stereocenters. The standard InChI is InChI=1S/C8H8BrFN2O/c1-5(9)8(13)12-7-4-2-3-6(10)11-7/h2-5H,1H3,(H,11,12,13). The minimum atomic E-state index is -0.611. The summed E-state index contributed by atoms with van der Waals surface area (Å²) in [6.45, 7) is 1.68. The van der Waals surface area contributed by atoms with Crippen LogP contribution < -0.4 is 5.32 Å². The first kappa shape index (κ1) is 10.1. The van der Waals surface area contributed by atoms with Gasteiger partial charge >= 0.3 is 0 Å². The molecule has 0 saturated heterocycles. The summed E-state index contributed by atoms with van der Waals surface area (Å²) < 4.78 is 12.5. The summed E-state index contributed by atoms with van der Waals surface area (Å²) >= 11 is 3.08. The molecule has 3 nitrogen and oxygen atoms in total. The Morgan fingerprint density at radius 2 is 2.38 bits per heavy atom. The molecule has 0 bridgehead atoms. The van der Waals surface area contributed by atoms with Crippen molar-refractivity contribution in [3.05, 3.63) is 24.1 Å². The number of carbonyl (C=O) groups is 1. The van der Waals surface area contributed by atoms with Gasteiger partial charge in [-0.2, -0.15) is 4.39 Å². The molecule has 70 valence electrons. The predicted molar refractivity (Wildman–Crippen MR) is 51.2 cm³/mol. The van der Waals surface area contributed by atoms with Crippen molar-refractivity contribution in [3.8, 4) is 0 Å².